The van der Waals surface area contributed by atoms with Gasteiger partial charge in [-0.1, -0.05) is 55.7 Å². The number of halogens is 1. The van der Waals surface area contributed by atoms with E-state index in [1.807, 2.05) is 0 Å². The summed E-state index contributed by atoms with van der Waals surface area (Å²) < 4.78 is 10.5. The highest BCUT2D eigenvalue weighted by molar-refractivity contribution is 9.09. The van der Waals surface area contributed by atoms with Crippen LogP contribution in [0.25, 0.3) is 0 Å². The molecule has 6 rings (SSSR count). The van der Waals surface area contributed by atoms with Gasteiger partial charge in [0.2, 0.25) is 10.6 Å². The van der Waals surface area contributed by atoms with Crippen molar-refractivity contribution in [2.45, 2.75) is 45.2 Å². The molecule has 0 unspecified atom stereocenters. The van der Waals surface area contributed by atoms with E-state index in [1.165, 1.54) is 31.1 Å². The standard InChI is InChI=1S/C20H21BrN2O8S2/c1-29-10-5-3-8(13(25)14(10)30-2)15-12-17(26)23-20(33-32-15,18(27)22-12)7-19(28)11(21)6-4-9(24)16(19)31-23/h3-6,9,11-12,15-16,24-25,28H,7H2,1-2H3,(H,22,27)/t9-,11-,12-,15-,16+,19+,20-/m1/s1. The van der Waals surface area contributed by atoms with Crippen LogP contribution < -0.4 is 14.8 Å². The molecular weight excluding hydrogens is 540 g/mol. The van der Waals surface area contributed by atoms with Crippen LogP contribution in [0.2, 0.25) is 0 Å². The number of benzene rings is 1. The normalized spacial score (nSPS) is 39.4. The van der Waals surface area contributed by atoms with Gasteiger partial charge in [-0.15, -0.1) is 0 Å². The van der Waals surface area contributed by atoms with Crippen molar-refractivity contribution in [3.8, 4) is 17.2 Å². The number of hydroxylamine groups is 2. The molecule has 10 nitrogen and oxygen atoms in total. The summed E-state index contributed by atoms with van der Waals surface area (Å²) in [6.07, 6.45) is 0.591. The summed E-state index contributed by atoms with van der Waals surface area (Å²) >= 11 is 3.40. The first kappa shape index (κ1) is 23.1. The number of fused-ring (bicyclic) bond motifs is 4. The fraction of sp³-hybridized carbons (Fsp3) is 0.500. The second-order valence-corrected chi connectivity index (χ2v) is 11.8. The lowest BCUT2D eigenvalue weighted by Gasteiger charge is -2.56. The molecule has 5 aliphatic rings. The van der Waals surface area contributed by atoms with Gasteiger partial charge in [0.25, 0.3) is 11.8 Å². The number of phenols is 1. The number of phenolic OH excluding ortho intramolecular Hbond substituents is 1. The average Bonchev–Trinajstić information content (AvgIpc) is 2.99. The predicted octanol–water partition coefficient (Wildman–Crippen LogP) is 0.998. The third kappa shape index (κ3) is 3.13. The summed E-state index contributed by atoms with van der Waals surface area (Å²) in [4.78, 5) is 30.6. The van der Waals surface area contributed by atoms with Crippen LogP contribution >= 0.6 is 37.5 Å². The summed E-state index contributed by atoms with van der Waals surface area (Å²) in [6, 6.07) is 2.16. The molecule has 7 atom stereocenters. The monoisotopic (exact) mass is 560 g/mol. The third-order valence-electron chi connectivity index (χ3n) is 6.38. The average molecular weight is 561 g/mol. The number of ether oxygens (including phenoxy) is 2. The van der Waals surface area contributed by atoms with Gasteiger partial charge >= 0.3 is 0 Å². The van der Waals surface area contributed by atoms with E-state index >= 15 is 0 Å². The van der Waals surface area contributed by atoms with E-state index in [9.17, 15) is 24.9 Å². The highest BCUT2D eigenvalue weighted by Crippen LogP contribution is 2.61. The number of piperazine rings is 1. The van der Waals surface area contributed by atoms with Crippen LogP contribution in [0.1, 0.15) is 17.2 Å². The maximum Gasteiger partial charge on any atom is 0.272 e. The van der Waals surface area contributed by atoms with E-state index in [2.05, 4.69) is 21.2 Å². The Kier molecular flexibility index (Phi) is 5.57. The minimum atomic E-state index is -1.64. The van der Waals surface area contributed by atoms with Crippen molar-refractivity contribution >= 4 is 49.3 Å². The van der Waals surface area contributed by atoms with Gasteiger partial charge in [0, 0.05) is 12.0 Å². The number of aliphatic hydroxyl groups excluding tert-OH is 1. The van der Waals surface area contributed by atoms with Gasteiger partial charge in [0.05, 0.1) is 24.3 Å². The number of hydrogen-bond donors (Lipinski definition) is 4. The van der Waals surface area contributed by atoms with Gasteiger partial charge in [-0.25, -0.2) is 0 Å². The molecule has 1 aromatic rings. The molecule has 4 heterocycles. The Balaban J connectivity index is 1.58. The summed E-state index contributed by atoms with van der Waals surface area (Å²) in [5, 5.41) is 35.8. The van der Waals surface area contributed by atoms with Crippen molar-refractivity contribution in [2.75, 3.05) is 14.2 Å². The topological polar surface area (TPSA) is 138 Å². The third-order valence-corrected chi connectivity index (χ3v) is 10.8. The second kappa shape index (κ2) is 7.95. The van der Waals surface area contributed by atoms with Gasteiger partial charge in [-0.05, 0) is 6.07 Å². The fourth-order valence-corrected chi connectivity index (χ4v) is 8.78. The number of hydrogen-bond acceptors (Lipinski definition) is 10. The van der Waals surface area contributed by atoms with E-state index in [1.54, 1.807) is 18.2 Å². The molecule has 178 valence electrons. The van der Waals surface area contributed by atoms with Gasteiger partial charge in [-0.3, -0.25) is 14.4 Å². The smallest absolute Gasteiger partial charge is 0.272 e. The van der Waals surface area contributed by atoms with Crippen LogP contribution in [0.5, 0.6) is 17.2 Å². The van der Waals surface area contributed by atoms with Crippen LogP contribution in [0.3, 0.4) is 0 Å². The first-order valence-corrected chi connectivity index (χ1v) is 13.1. The zero-order valence-electron chi connectivity index (χ0n) is 17.4. The van der Waals surface area contributed by atoms with Gasteiger partial charge in [0.15, 0.2) is 11.5 Å². The number of aromatic hydroxyl groups is 1. The summed E-state index contributed by atoms with van der Waals surface area (Å²) in [7, 11) is 5.12. The van der Waals surface area contributed by atoms with E-state index in [0.29, 0.717) is 11.3 Å². The van der Waals surface area contributed by atoms with Crippen molar-refractivity contribution in [1.29, 1.82) is 0 Å². The zero-order valence-corrected chi connectivity index (χ0v) is 20.6. The van der Waals surface area contributed by atoms with Crippen LogP contribution in [0, 0.1) is 0 Å². The molecular formula is C20H21BrN2O8S2. The number of alkyl halides is 1. The lowest BCUT2D eigenvalue weighted by atomic mass is 9.77. The first-order valence-electron chi connectivity index (χ1n) is 10.0. The summed E-state index contributed by atoms with van der Waals surface area (Å²) in [6.45, 7) is 0. The van der Waals surface area contributed by atoms with E-state index in [0.717, 1.165) is 15.9 Å². The molecule has 1 spiro atoms. The molecule has 1 aromatic carbocycles. The Morgan fingerprint density at radius 3 is 2.73 bits per heavy atom. The van der Waals surface area contributed by atoms with E-state index in [-0.39, 0.29) is 17.9 Å². The molecule has 4 saturated heterocycles. The largest absolute Gasteiger partial charge is 0.504 e. The molecule has 2 bridgehead atoms. The number of nitrogens with one attached hydrogen (secondary N) is 1. The van der Waals surface area contributed by atoms with Gasteiger partial charge < -0.3 is 30.1 Å². The van der Waals surface area contributed by atoms with Gasteiger partial charge in [0.1, 0.15) is 23.9 Å². The van der Waals surface area contributed by atoms with Gasteiger partial charge in [-0.2, -0.15) is 5.06 Å². The second-order valence-electron chi connectivity index (χ2n) is 8.18. The van der Waals surface area contributed by atoms with Crippen LogP contribution in [0.15, 0.2) is 24.3 Å². The minimum Gasteiger partial charge on any atom is -0.504 e. The Labute approximate surface area is 205 Å². The zero-order chi connectivity index (χ0) is 23.7. The number of nitrogens with zero attached hydrogens (tertiary/aromatic N) is 1. The number of methoxy groups -OCH3 is 2. The van der Waals surface area contributed by atoms with Crippen molar-refractivity contribution in [2.24, 2.45) is 0 Å². The Morgan fingerprint density at radius 1 is 1.27 bits per heavy atom. The molecule has 33 heavy (non-hydrogen) atoms. The minimum absolute atomic E-state index is 0.113. The SMILES string of the molecule is COc1ccc([C@H]2SS[C@@]34C[C@]5(O)[C@H](Br)C=C[C@@H](O)[C@@H]5ON3C(=O)[C@@H]2NC4=O)c(O)c1OC. The number of rotatable bonds is 3. The molecule has 2 amide bonds. The fourth-order valence-electron chi connectivity index (χ4n) is 4.66. The Morgan fingerprint density at radius 2 is 2.03 bits per heavy atom. The quantitative estimate of drug-likeness (QED) is 0.240. The van der Waals surface area contributed by atoms with E-state index < -0.39 is 50.6 Å². The van der Waals surface area contributed by atoms with Crippen molar-refractivity contribution in [1.82, 2.24) is 10.4 Å². The van der Waals surface area contributed by atoms with Crippen molar-refractivity contribution in [3.63, 3.8) is 0 Å². The Hall–Kier alpha value is -1.64. The van der Waals surface area contributed by atoms with Crippen LogP contribution in [-0.2, 0) is 14.4 Å². The molecule has 0 radical (unpaired) electrons. The molecule has 0 aromatic heterocycles. The number of amides is 2. The van der Waals surface area contributed by atoms with Crippen LogP contribution in [0.4, 0.5) is 0 Å². The summed E-state index contributed by atoms with van der Waals surface area (Å²) in [5.41, 5.74) is -1.27. The molecule has 0 saturated carbocycles. The Bertz CT molecular complexity index is 1060. The molecule has 13 heteroatoms. The first-order chi connectivity index (χ1) is 15.7. The van der Waals surface area contributed by atoms with Crippen molar-refractivity contribution < 1.29 is 39.2 Å². The maximum absolute atomic E-state index is 13.6. The van der Waals surface area contributed by atoms with Crippen molar-refractivity contribution in [3.05, 3.63) is 29.8 Å². The molecule has 4 fully saturated rings. The predicted molar refractivity (Wildman–Crippen MR) is 123 cm³/mol. The summed E-state index contributed by atoms with van der Waals surface area (Å²) in [5.74, 6) is -0.808. The number of carbonyl (C=O) groups is 2. The lowest BCUT2D eigenvalue weighted by Crippen LogP contribution is -2.77. The maximum atomic E-state index is 13.6. The van der Waals surface area contributed by atoms with Crippen LogP contribution in [-0.4, -0.2) is 80.0 Å². The molecule has 1 aliphatic carbocycles. The van der Waals surface area contributed by atoms with E-state index in [4.69, 9.17) is 14.3 Å². The molecule has 4 N–H and O–H groups in total. The lowest BCUT2D eigenvalue weighted by molar-refractivity contribution is -0.312. The number of carbonyl (C=O) groups excluding carboxylic acids is 2. The highest BCUT2D eigenvalue weighted by Gasteiger charge is 2.69. The number of aliphatic hydroxyl groups is 2. The molecule has 4 aliphatic heterocycles. The highest BCUT2D eigenvalue weighted by atomic mass is 79.9.